The molecule has 0 saturated carbocycles. The third-order valence-corrected chi connectivity index (χ3v) is 5.67. The Kier molecular flexibility index (Phi) is 10.5. The van der Waals surface area contributed by atoms with Gasteiger partial charge in [0.2, 0.25) is 0 Å². The van der Waals surface area contributed by atoms with E-state index in [1.54, 1.807) is 23.1 Å². The molecule has 0 bridgehead atoms. The van der Waals surface area contributed by atoms with Crippen molar-refractivity contribution < 1.29 is 28.6 Å². The summed E-state index contributed by atoms with van der Waals surface area (Å²) in [5, 5.41) is 6.44. The number of rotatable bonds is 10. The number of carbonyl (C=O) groups is 3. The number of hydrogen-bond donors (Lipinski definition) is 2. The summed E-state index contributed by atoms with van der Waals surface area (Å²) in [5.41, 5.74) is 4.93. The van der Waals surface area contributed by atoms with Gasteiger partial charge in [0.05, 0.1) is 26.0 Å². The van der Waals surface area contributed by atoms with Crippen LogP contribution in [-0.2, 0) is 25.7 Å². The van der Waals surface area contributed by atoms with Crippen LogP contribution in [0.3, 0.4) is 0 Å². The van der Waals surface area contributed by atoms with Gasteiger partial charge in [-0.3, -0.25) is 14.4 Å². The summed E-state index contributed by atoms with van der Waals surface area (Å²) in [6.07, 6.45) is 1.39. The van der Waals surface area contributed by atoms with Gasteiger partial charge in [0, 0.05) is 19.6 Å². The van der Waals surface area contributed by atoms with Gasteiger partial charge in [0.1, 0.15) is 0 Å². The van der Waals surface area contributed by atoms with Crippen LogP contribution >= 0.6 is 0 Å². The third-order valence-electron chi connectivity index (χ3n) is 5.67. The summed E-state index contributed by atoms with van der Waals surface area (Å²) < 4.78 is 16.6. The van der Waals surface area contributed by atoms with E-state index in [1.807, 2.05) is 31.2 Å². The van der Waals surface area contributed by atoms with Crippen molar-refractivity contribution in [3.8, 4) is 11.5 Å². The van der Waals surface area contributed by atoms with Gasteiger partial charge in [-0.1, -0.05) is 38.1 Å². The van der Waals surface area contributed by atoms with E-state index >= 15 is 0 Å². The number of benzene rings is 2. The first-order chi connectivity index (χ1) is 17.9. The lowest BCUT2D eigenvalue weighted by atomic mass is 10.0. The molecule has 10 nitrogen and oxygen atoms in total. The third kappa shape index (κ3) is 8.60. The van der Waals surface area contributed by atoms with Gasteiger partial charge in [-0.15, -0.1) is 0 Å². The SMILES string of the molecule is CCOc1cc(/C=N\NC(=O)C(=O)NCc2ccc(C(C)C)cc2)ccc1OCC(=O)N1CCOCC1. The lowest BCUT2D eigenvalue weighted by molar-refractivity contribution is -0.139. The molecule has 1 saturated heterocycles. The number of ether oxygens (including phenoxy) is 3. The number of hydrazone groups is 1. The summed E-state index contributed by atoms with van der Waals surface area (Å²) >= 11 is 0. The zero-order chi connectivity index (χ0) is 26.6. The smallest absolute Gasteiger partial charge is 0.329 e. The molecule has 198 valence electrons. The number of nitrogens with zero attached hydrogens (tertiary/aromatic N) is 2. The second kappa shape index (κ2) is 14.0. The zero-order valence-corrected chi connectivity index (χ0v) is 21.5. The van der Waals surface area contributed by atoms with Crippen molar-refractivity contribution in [3.63, 3.8) is 0 Å². The first-order valence-electron chi connectivity index (χ1n) is 12.3. The molecule has 2 aromatic rings. The van der Waals surface area contributed by atoms with E-state index in [0.29, 0.717) is 55.9 Å². The van der Waals surface area contributed by atoms with Gasteiger partial charge in [-0.05, 0) is 47.7 Å². The van der Waals surface area contributed by atoms with Crippen molar-refractivity contribution in [2.45, 2.75) is 33.2 Å². The van der Waals surface area contributed by atoms with Gasteiger partial charge in [0.15, 0.2) is 18.1 Å². The predicted molar refractivity (Wildman–Crippen MR) is 139 cm³/mol. The Labute approximate surface area is 217 Å². The quantitative estimate of drug-likeness (QED) is 0.287. The Morgan fingerprint density at radius 2 is 1.76 bits per heavy atom. The lowest BCUT2D eigenvalue weighted by Crippen LogP contribution is -2.43. The number of nitrogens with one attached hydrogen (secondary N) is 2. The molecule has 1 fully saturated rings. The van der Waals surface area contributed by atoms with Gasteiger partial charge in [-0.2, -0.15) is 5.10 Å². The monoisotopic (exact) mass is 510 g/mol. The van der Waals surface area contributed by atoms with Crippen molar-refractivity contribution in [3.05, 3.63) is 59.2 Å². The molecular weight excluding hydrogens is 476 g/mol. The van der Waals surface area contributed by atoms with Gasteiger partial charge in [0.25, 0.3) is 5.91 Å². The van der Waals surface area contributed by atoms with Crippen molar-refractivity contribution >= 4 is 23.9 Å². The summed E-state index contributed by atoms with van der Waals surface area (Å²) in [6.45, 7) is 8.71. The maximum atomic E-state index is 12.3. The molecule has 37 heavy (non-hydrogen) atoms. The standard InChI is InChI=1S/C27H34N4O6/c1-4-36-24-15-21(7-10-23(24)37-18-25(32)31-11-13-35-14-12-31)17-29-30-27(34)26(33)28-16-20-5-8-22(9-6-20)19(2)3/h5-10,15,17,19H,4,11-14,16,18H2,1-3H3,(H,28,33)(H,30,34)/b29-17-. The van der Waals surface area contributed by atoms with E-state index < -0.39 is 11.8 Å². The Morgan fingerprint density at radius 3 is 2.43 bits per heavy atom. The van der Waals surface area contributed by atoms with E-state index in [-0.39, 0.29) is 19.1 Å². The average Bonchev–Trinajstić information content (AvgIpc) is 2.91. The Bertz CT molecular complexity index is 1090. The predicted octanol–water partition coefficient (Wildman–Crippen LogP) is 2.21. The Balaban J connectivity index is 1.49. The van der Waals surface area contributed by atoms with Crippen molar-refractivity contribution in [1.29, 1.82) is 0 Å². The highest BCUT2D eigenvalue weighted by molar-refractivity contribution is 6.35. The highest BCUT2D eigenvalue weighted by Gasteiger charge is 2.18. The second-order valence-electron chi connectivity index (χ2n) is 8.70. The van der Waals surface area contributed by atoms with Gasteiger partial charge in [-0.25, -0.2) is 5.43 Å². The normalized spacial score (nSPS) is 13.5. The van der Waals surface area contributed by atoms with Crippen LogP contribution in [0.4, 0.5) is 0 Å². The molecule has 1 aliphatic heterocycles. The highest BCUT2D eigenvalue weighted by Crippen LogP contribution is 2.28. The van der Waals surface area contributed by atoms with Crippen LogP contribution in [0.1, 0.15) is 43.4 Å². The lowest BCUT2D eigenvalue weighted by Gasteiger charge is -2.26. The average molecular weight is 511 g/mol. The molecule has 0 aliphatic carbocycles. The zero-order valence-electron chi connectivity index (χ0n) is 21.5. The molecule has 3 amide bonds. The molecule has 1 heterocycles. The van der Waals surface area contributed by atoms with Crippen LogP contribution in [0, 0.1) is 0 Å². The van der Waals surface area contributed by atoms with Crippen molar-refractivity contribution in [2.75, 3.05) is 39.5 Å². The molecule has 1 aliphatic rings. The molecule has 0 spiro atoms. The maximum absolute atomic E-state index is 12.3. The summed E-state index contributed by atoms with van der Waals surface area (Å²) in [7, 11) is 0. The molecule has 0 radical (unpaired) electrons. The van der Waals surface area contributed by atoms with E-state index in [4.69, 9.17) is 14.2 Å². The largest absolute Gasteiger partial charge is 0.490 e. The first-order valence-corrected chi connectivity index (χ1v) is 12.3. The van der Waals surface area contributed by atoms with E-state index in [9.17, 15) is 14.4 Å². The molecule has 2 aromatic carbocycles. The van der Waals surface area contributed by atoms with Gasteiger partial charge >= 0.3 is 11.8 Å². The first kappa shape index (κ1) is 27.7. The number of morpholine rings is 1. The Hall–Kier alpha value is -3.92. The molecule has 2 N–H and O–H groups in total. The van der Waals surface area contributed by atoms with Gasteiger partial charge < -0.3 is 24.4 Å². The van der Waals surface area contributed by atoms with Crippen LogP contribution < -0.4 is 20.2 Å². The van der Waals surface area contributed by atoms with Crippen molar-refractivity contribution in [1.82, 2.24) is 15.6 Å². The Morgan fingerprint density at radius 1 is 1.03 bits per heavy atom. The minimum Gasteiger partial charge on any atom is -0.490 e. The fourth-order valence-electron chi connectivity index (χ4n) is 3.54. The maximum Gasteiger partial charge on any atom is 0.329 e. The minimum absolute atomic E-state index is 0.111. The molecule has 0 atom stereocenters. The molecule has 10 heteroatoms. The fraction of sp³-hybridized carbons (Fsp3) is 0.407. The molecule has 0 aromatic heterocycles. The number of carbonyl (C=O) groups excluding carboxylic acids is 3. The number of amides is 3. The second-order valence-corrected chi connectivity index (χ2v) is 8.70. The number of hydrogen-bond acceptors (Lipinski definition) is 7. The van der Waals surface area contributed by atoms with Crippen LogP contribution in [-0.4, -0.2) is 68.4 Å². The van der Waals surface area contributed by atoms with E-state index in [1.165, 1.54) is 11.8 Å². The van der Waals surface area contributed by atoms with E-state index in [2.05, 4.69) is 29.7 Å². The van der Waals surface area contributed by atoms with Crippen LogP contribution in [0.2, 0.25) is 0 Å². The fourth-order valence-corrected chi connectivity index (χ4v) is 3.54. The van der Waals surface area contributed by atoms with Crippen LogP contribution in [0.15, 0.2) is 47.6 Å². The summed E-state index contributed by atoms with van der Waals surface area (Å²) in [6, 6.07) is 12.9. The minimum atomic E-state index is -0.873. The molecular formula is C27H34N4O6. The van der Waals surface area contributed by atoms with Crippen molar-refractivity contribution in [2.24, 2.45) is 5.10 Å². The highest BCUT2D eigenvalue weighted by atomic mass is 16.5. The van der Waals surface area contributed by atoms with Crippen LogP contribution in [0.5, 0.6) is 11.5 Å². The summed E-state index contributed by atoms with van der Waals surface area (Å²) in [4.78, 5) is 38.2. The summed E-state index contributed by atoms with van der Waals surface area (Å²) in [5.74, 6) is -0.496. The molecule has 3 rings (SSSR count). The topological polar surface area (TPSA) is 119 Å². The van der Waals surface area contributed by atoms with Crippen LogP contribution in [0.25, 0.3) is 0 Å². The van der Waals surface area contributed by atoms with E-state index in [0.717, 1.165) is 5.56 Å². The molecule has 0 unspecified atom stereocenters.